The van der Waals surface area contributed by atoms with Gasteiger partial charge in [0.15, 0.2) is 0 Å². The van der Waals surface area contributed by atoms with Crippen LogP contribution in [0.25, 0.3) is 0 Å². The van der Waals surface area contributed by atoms with Crippen molar-refractivity contribution >= 4 is 0 Å². The molecule has 0 spiro atoms. The molecule has 0 aromatic rings. The van der Waals surface area contributed by atoms with Crippen LogP contribution in [-0.4, -0.2) is 0 Å². The number of hydrogen-bond acceptors (Lipinski definition) is 0. The molecule has 0 heteroatoms. The lowest BCUT2D eigenvalue weighted by atomic mass is 10.1. The molecular weight excluding hydrogens is 84.1 g/mol. The molecule has 2 radical (unpaired) electrons. The molecule has 0 rings (SSSR count). The minimum atomic E-state index is 0.310. The lowest BCUT2D eigenvalue weighted by molar-refractivity contribution is 0.737. The van der Waals surface area contributed by atoms with Crippen molar-refractivity contribution < 1.29 is 0 Å². The molecule has 1 atom stereocenters. The molecule has 0 aromatic heterocycles. The Balaban J connectivity index is 3.04. The van der Waals surface area contributed by atoms with Crippen LogP contribution in [0, 0.1) is 24.7 Å². The predicted octanol–water partition coefficient (Wildman–Crippen LogP) is 1.83. The van der Waals surface area contributed by atoms with Crippen LogP contribution in [0.4, 0.5) is 0 Å². The van der Waals surface area contributed by atoms with Crippen molar-refractivity contribution in [3.8, 4) is 5.92 Å². The molecule has 0 amide bonds. The van der Waals surface area contributed by atoms with E-state index in [1.165, 1.54) is 0 Å². The summed E-state index contributed by atoms with van der Waals surface area (Å²) in [6, 6.07) is 0. The molecule has 0 aliphatic rings. The van der Waals surface area contributed by atoms with Crippen LogP contribution in [0.5, 0.6) is 0 Å². The van der Waals surface area contributed by atoms with Crippen molar-refractivity contribution in [2.24, 2.45) is 5.92 Å². The van der Waals surface area contributed by atoms with Crippen LogP contribution in [0.15, 0.2) is 0 Å². The zero-order chi connectivity index (χ0) is 5.70. The third-order valence-electron chi connectivity index (χ3n) is 0.836. The summed E-state index contributed by atoms with van der Waals surface area (Å²) in [6.07, 6.45) is 9.67. The van der Waals surface area contributed by atoms with Gasteiger partial charge >= 0.3 is 0 Å². The van der Waals surface area contributed by atoms with Gasteiger partial charge in [-0.05, 0) is 19.3 Å². The standard InChI is InChI=1S/C7H10/c1-4-6-7(3)5-2/h4,7H,6H2,1,3H3. The van der Waals surface area contributed by atoms with Crippen LogP contribution in [0.3, 0.4) is 0 Å². The summed E-state index contributed by atoms with van der Waals surface area (Å²) in [5.41, 5.74) is 0. The van der Waals surface area contributed by atoms with Crippen molar-refractivity contribution in [3.63, 3.8) is 0 Å². The maximum Gasteiger partial charge on any atom is 0.0187 e. The average molecular weight is 94.2 g/mol. The van der Waals surface area contributed by atoms with Gasteiger partial charge in [-0.15, -0.1) is 0 Å². The van der Waals surface area contributed by atoms with Crippen molar-refractivity contribution in [2.75, 3.05) is 0 Å². The van der Waals surface area contributed by atoms with E-state index >= 15 is 0 Å². The van der Waals surface area contributed by atoms with Crippen molar-refractivity contribution in [1.82, 2.24) is 0 Å². The fourth-order valence-corrected chi connectivity index (χ4v) is 0.412. The summed E-state index contributed by atoms with van der Waals surface area (Å²) in [7, 11) is 0. The van der Waals surface area contributed by atoms with Crippen molar-refractivity contribution in [1.29, 1.82) is 0 Å². The smallest absolute Gasteiger partial charge is 0.0187 e. The first kappa shape index (κ1) is 6.56. The molecule has 0 saturated carbocycles. The van der Waals surface area contributed by atoms with Gasteiger partial charge < -0.3 is 0 Å². The quantitative estimate of drug-likeness (QED) is 0.458. The van der Waals surface area contributed by atoms with Gasteiger partial charge in [-0.3, -0.25) is 0 Å². The van der Waals surface area contributed by atoms with Gasteiger partial charge in [0, 0.05) is 5.92 Å². The van der Waals surface area contributed by atoms with Gasteiger partial charge in [0.05, 0.1) is 0 Å². The molecule has 0 saturated heterocycles. The maximum atomic E-state index is 6.64. The third-order valence-corrected chi connectivity index (χ3v) is 0.836. The van der Waals surface area contributed by atoms with Gasteiger partial charge in [0.2, 0.25) is 0 Å². The highest BCUT2D eigenvalue weighted by atomic mass is 13.9. The zero-order valence-corrected chi connectivity index (χ0v) is 4.86. The van der Waals surface area contributed by atoms with E-state index in [4.69, 9.17) is 6.42 Å². The van der Waals surface area contributed by atoms with Crippen molar-refractivity contribution in [3.05, 3.63) is 12.8 Å². The minimum Gasteiger partial charge on any atom is -0.0860 e. The molecule has 0 heterocycles. The van der Waals surface area contributed by atoms with Crippen LogP contribution >= 0.6 is 0 Å². The molecule has 0 aliphatic heterocycles. The first-order valence-electron chi connectivity index (χ1n) is 2.51. The Morgan fingerprint density at radius 2 is 2.43 bits per heavy atom. The predicted molar refractivity (Wildman–Crippen MR) is 30.9 cm³/mol. The monoisotopic (exact) mass is 94.1 g/mol. The topological polar surface area (TPSA) is 0 Å². The zero-order valence-electron chi connectivity index (χ0n) is 4.86. The van der Waals surface area contributed by atoms with Gasteiger partial charge in [-0.1, -0.05) is 19.8 Å². The maximum absolute atomic E-state index is 6.64. The highest BCUT2D eigenvalue weighted by molar-refractivity contribution is 4.85. The summed E-state index contributed by atoms with van der Waals surface area (Å²) in [6.45, 7) is 3.97. The minimum absolute atomic E-state index is 0.310. The van der Waals surface area contributed by atoms with E-state index in [1.807, 2.05) is 20.3 Å². The van der Waals surface area contributed by atoms with Crippen molar-refractivity contribution in [2.45, 2.75) is 20.3 Å². The van der Waals surface area contributed by atoms with Crippen LogP contribution in [-0.2, 0) is 0 Å². The number of hydrogen-bond donors (Lipinski definition) is 0. The van der Waals surface area contributed by atoms with E-state index < -0.39 is 0 Å². The Morgan fingerprint density at radius 1 is 1.86 bits per heavy atom. The Kier molecular flexibility index (Phi) is 3.50. The third kappa shape index (κ3) is 3.39. The molecule has 0 aliphatic carbocycles. The largest absolute Gasteiger partial charge is 0.0860 e. The van der Waals surface area contributed by atoms with Gasteiger partial charge in [0.1, 0.15) is 0 Å². The first-order chi connectivity index (χ1) is 3.31. The average Bonchev–Trinajstić information content (AvgIpc) is 1.68. The highest BCUT2D eigenvalue weighted by Gasteiger charge is 1.90. The molecule has 0 bridgehead atoms. The summed E-state index contributed by atoms with van der Waals surface area (Å²) >= 11 is 0. The molecular formula is C7H10. The van der Waals surface area contributed by atoms with Crippen LogP contribution in [0.1, 0.15) is 20.3 Å². The van der Waals surface area contributed by atoms with E-state index in [0.29, 0.717) is 5.92 Å². The molecule has 0 aromatic carbocycles. The molecule has 1 unspecified atom stereocenters. The molecule has 0 fully saturated rings. The first-order valence-corrected chi connectivity index (χ1v) is 2.51. The lowest BCUT2D eigenvalue weighted by Crippen LogP contribution is -1.86. The number of rotatable bonds is 2. The normalized spacial score (nSPS) is 12.7. The Hall–Kier alpha value is -0.440. The summed E-state index contributed by atoms with van der Waals surface area (Å²) in [4.78, 5) is 0. The second-order valence-corrected chi connectivity index (χ2v) is 1.69. The van der Waals surface area contributed by atoms with Gasteiger partial charge in [-0.25, -0.2) is 0 Å². The van der Waals surface area contributed by atoms with E-state index in [2.05, 4.69) is 5.92 Å². The Labute approximate surface area is 45.9 Å². The fraction of sp³-hybridized carbons (Fsp3) is 0.571. The van der Waals surface area contributed by atoms with E-state index in [9.17, 15) is 0 Å². The molecule has 0 N–H and O–H groups in total. The summed E-state index contributed by atoms with van der Waals surface area (Å²) in [5, 5.41) is 0. The Morgan fingerprint density at radius 3 is 2.57 bits per heavy atom. The summed E-state index contributed by atoms with van der Waals surface area (Å²) < 4.78 is 0. The molecule has 7 heavy (non-hydrogen) atoms. The van der Waals surface area contributed by atoms with Gasteiger partial charge in [-0.2, -0.15) is 0 Å². The van der Waals surface area contributed by atoms with Crippen LogP contribution in [0.2, 0.25) is 0 Å². The lowest BCUT2D eigenvalue weighted by Gasteiger charge is -1.95. The van der Waals surface area contributed by atoms with Crippen LogP contribution < -0.4 is 0 Å². The molecule has 0 nitrogen and oxygen atoms in total. The van der Waals surface area contributed by atoms with E-state index in [-0.39, 0.29) is 0 Å². The second kappa shape index (κ2) is 3.74. The highest BCUT2D eigenvalue weighted by Crippen LogP contribution is 1.99. The summed E-state index contributed by atoms with van der Waals surface area (Å²) in [5.74, 6) is 2.69. The fourth-order valence-electron chi connectivity index (χ4n) is 0.412. The van der Waals surface area contributed by atoms with E-state index in [1.54, 1.807) is 0 Å². The Bertz CT molecular complexity index is 66.6. The second-order valence-electron chi connectivity index (χ2n) is 1.69. The van der Waals surface area contributed by atoms with E-state index in [0.717, 1.165) is 6.42 Å². The SMILES string of the molecule is [C]#CC(C)C[CH]C. The van der Waals surface area contributed by atoms with Gasteiger partial charge in [0.25, 0.3) is 0 Å². The molecule has 38 valence electrons.